The number of carboxylic acids is 1. The van der Waals surface area contributed by atoms with Crippen LogP contribution in [-0.2, 0) is 26.7 Å². The van der Waals surface area contributed by atoms with Crippen LogP contribution in [0, 0.1) is 0 Å². The number of benzene rings is 3. The summed E-state index contributed by atoms with van der Waals surface area (Å²) >= 11 is 12.9. The molecule has 6 nitrogen and oxygen atoms in total. The number of carboxylic acid groups (broad SMARTS) is 1. The quantitative estimate of drug-likeness (QED) is 0.192. The van der Waals surface area contributed by atoms with Crippen LogP contribution in [0.5, 0.6) is 0 Å². The second-order valence-corrected chi connectivity index (χ2v) is 11.2. The lowest BCUT2D eigenvalue weighted by Gasteiger charge is -2.15. The standard InChI is InChI=1S/C24H18Cl2F3NO5S2/c25-16-5-9-22(36-13-14-1-3-15(4-2-14)21(31)8-10-23(32)33)20(11-16)30-37(34,35)17-6-7-19(26)18(12-17)24(27,28)29/h1-7,9,11-12,30H,8,10,13H2,(H,32,33). The van der Waals surface area contributed by atoms with Gasteiger partial charge in [-0.15, -0.1) is 11.8 Å². The molecule has 0 amide bonds. The first-order chi connectivity index (χ1) is 17.3. The maximum atomic E-state index is 13.2. The Kier molecular flexibility index (Phi) is 9.17. The molecule has 0 saturated heterocycles. The molecule has 0 fully saturated rings. The maximum absolute atomic E-state index is 13.2. The van der Waals surface area contributed by atoms with Crippen molar-refractivity contribution in [2.24, 2.45) is 0 Å². The third-order valence-electron chi connectivity index (χ3n) is 4.98. The van der Waals surface area contributed by atoms with Crippen molar-refractivity contribution >= 4 is 62.4 Å². The highest BCUT2D eigenvalue weighted by Crippen LogP contribution is 2.37. The number of carbonyl (C=O) groups is 2. The van der Waals surface area contributed by atoms with E-state index in [0.717, 1.165) is 17.7 Å². The van der Waals surface area contributed by atoms with Gasteiger partial charge in [-0.2, -0.15) is 13.2 Å². The number of halogens is 5. The SMILES string of the molecule is O=C(O)CCC(=O)c1ccc(CSc2ccc(Cl)cc2NS(=O)(=O)c2ccc(Cl)c(C(F)(F)F)c2)cc1. The monoisotopic (exact) mass is 591 g/mol. The van der Waals surface area contributed by atoms with Crippen LogP contribution < -0.4 is 4.72 Å². The fourth-order valence-electron chi connectivity index (χ4n) is 3.11. The van der Waals surface area contributed by atoms with Crippen LogP contribution in [0.2, 0.25) is 10.0 Å². The van der Waals surface area contributed by atoms with E-state index in [4.69, 9.17) is 28.3 Å². The molecule has 3 aromatic carbocycles. The van der Waals surface area contributed by atoms with Gasteiger partial charge in [0.2, 0.25) is 0 Å². The van der Waals surface area contributed by atoms with Crippen LogP contribution in [-0.4, -0.2) is 25.3 Å². The molecule has 2 N–H and O–H groups in total. The number of carbonyl (C=O) groups excluding carboxylic acids is 1. The molecule has 0 radical (unpaired) electrons. The van der Waals surface area contributed by atoms with E-state index in [0.29, 0.717) is 22.3 Å². The first-order valence-electron chi connectivity index (χ1n) is 10.4. The molecule has 0 aromatic heterocycles. The summed E-state index contributed by atoms with van der Waals surface area (Å²) in [5.41, 5.74) is -0.0451. The molecular weight excluding hydrogens is 574 g/mol. The molecule has 0 spiro atoms. The summed E-state index contributed by atoms with van der Waals surface area (Å²) in [5.74, 6) is -1.00. The van der Waals surface area contributed by atoms with Crippen molar-refractivity contribution in [3.63, 3.8) is 0 Å². The summed E-state index contributed by atoms with van der Waals surface area (Å²) in [6, 6.07) is 13.3. The Bertz CT molecular complexity index is 1430. The van der Waals surface area contributed by atoms with Gasteiger partial charge in [-0.25, -0.2) is 8.42 Å². The number of hydrogen-bond acceptors (Lipinski definition) is 5. The van der Waals surface area contributed by atoms with Crippen LogP contribution in [0.1, 0.15) is 34.3 Å². The molecule has 0 atom stereocenters. The zero-order valence-corrected chi connectivity index (χ0v) is 21.8. The summed E-state index contributed by atoms with van der Waals surface area (Å²) in [7, 11) is -4.42. The van der Waals surface area contributed by atoms with Gasteiger partial charge in [0.15, 0.2) is 5.78 Å². The van der Waals surface area contributed by atoms with Gasteiger partial charge >= 0.3 is 12.1 Å². The van der Waals surface area contributed by atoms with Crippen molar-refractivity contribution in [3.05, 3.63) is 87.4 Å². The summed E-state index contributed by atoms with van der Waals surface area (Å²) in [5, 5.41) is 8.29. The van der Waals surface area contributed by atoms with Crippen molar-refractivity contribution in [1.82, 2.24) is 0 Å². The lowest BCUT2D eigenvalue weighted by molar-refractivity contribution is -0.138. The third kappa shape index (κ3) is 7.88. The largest absolute Gasteiger partial charge is 0.481 e. The molecule has 0 aliphatic rings. The Morgan fingerprint density at radius 1 is 0.946 bits per heavy atom. The minimum Gasteiger partial charge on any atom is -0.481 e. The van der Waals surface area contributed by atoms with Gasteiger partial charge in [0, 0.05) is 27.7 Å². The average molecular weight is 592 g/mol. The second kappa shape index (κ2) is 11.8. The van der Waals surface area contributed by atoms with Gasteiger partial charge in [0.25, 0.3) is 10.0 Å². The molecule has 13 heteroatoms. The van der Waals surface area contributed by atoms with Gasteiger partial charge in [0.1, 0.15) is 0 Å². The Morgan fingerprint density at radius 2 is 1.62 bits per heavy atom. The summed E-state index contributed by atoms with van der Waals surface area (Å²) < 4.78 is 67.7. The molecule has 0 unspecified atom stereocenters. The normalized spacial score (nSPS) is 11.8. The molecule has 196 valence electrons. The van der Waals surface area contributed by atoms with E-state index in [1.807, 2.05) is 0 Å². The molecular formula is C24H18Cl2F3NO5S2. The van der Waals surface area contributed by atoms with Gasteiger partial charge < -0.3 is 5.11 Å². The number of Topliss-reactive ketones (excluding diaryl/α,β-unsaturated/α-hetero) is 1. The fraction of sp³-hybridized carbons (Fsp3) is 0.167. The van der Waals surface area contributed by atoms with Crippen molar-refractivity contribution in [3.8, 4) is 0 Å². The molecule has 0 saturated carbocycles. The number of ketones is 1. The summed E-state index contributed by atoms with van der Waals surface area (Å²) in [6.07, 6.45) is -5.22. The number of anilines is 1. The molecule has 0 bridgehead atoms. The number of thioether (sulfide) groups is 1. The zero-order valence-electron chi connectivity index (χ0n) is 18.7. The highest BCUT2D eigenvalue weighted by Gasteiger charge is 2.34. The number of alkyl halides is 3. The van der Waals surface area contributed by atoms with Crippen LogP contribution in [0.3, 0.4) is 0 Å². The topological polar surface area (TPSA) is 101 Å². The minimum atomic E-state index is -4.84. The van der Waals surface area contributed by atoms with Gasteiger partial charge in [-0.05, 0) is 42.0 Å². The smallest absolute Gasteiger partial charge is 0.417 e. The molecule has 0 heterocycles. The van der Waals surface area contributed by atoms with Gasteiger partial charge in [-0.1, -0.05) is 47.5 Å². The van der Waals surface area contributed by atoms with Crippen molar-refractivity contribution in [2.75, 3.05) is 4.72 Å². The minimum absolute atomic E-state index is 0.0708. The highest BCUT2D eigenvalue weighted by atomic mass is 35.5. The van der Waals surface area contributed by atoms with E-state index in [2.05, 4.69) is 4.72 Å². The van der Waals surface area contributed by atoms with Crippen LogP contribution in [0.4, 0.5) is 18.9 Å². The third-order valence-corrected chi connectivity index (χ3v) is 8.05. The number of nitrogens with one attached hydrogen (secondary N) is 1. The molecule has 0 aliphatic heterocycles. The van der Waals surface area contributed by atoms with Gasteiger partial charge in [-0.3, -0.25) is 14.3 Å². The van der Waals surface area contributed by atoms with Crippen LogP contribution >= 0.6 is 35.0 Å². The van der Waals surface area contributed by atoms with E-state index in [9.17, 15) is 31.2 Å². The fourth-order valence-corrected chi connectivity index (χ4v) is 5.62. The maximum Gasteiger partial charge on any atom is 0.417 e. The van der Waals surface area contributed by atoms with E-state index >= 15 is 0 Å². The molecule has 0 aliphatic carbocycles. The second-order valence-electron chi connectivity index (χ2n) is 7.69. The predicted molar refractivity (Wildman–Crippen MR) is 136 cm³/mol. The first kappa shape index (κ1) is 28.8. The van der Waals surface area contributed by atoms with Gasteiger partial charge in [0.05, 0.1) is 27.6 Å². The lowest BCUT2D eigenvalue weighted by Crippen LogP contribution is -2.15. The Balaban J connectivity index is 1.78. The number of hydrogen-bond donors (Lipinski definition) is 2. The van der Waals surface area contributed by atoms with Crippen LogP contribution in [0.25, 0.3) is 0 Å². The van der Waals surface area contributed by atoms with Crippen molar-refractivity contribution in [1.29, 1.82) is 0 Å². The number of sulfonamides is 1. The van der Waals surface area contributed by atoms with Crippen LogP contribution in [0.15, 0.2) is 70.5 Å². The molecule has 3 rings (SSSR count). The van der Waals surface area contributed by atoms with Crippen molar-refractivity contribution < 1.29 is 36.3 Å². The molecule has 37 heavy (non-hydrogen) atoms. The Hall–Kier alpha value is -2.73. The van der Waals surface area contributed by atoms with E-state index in [-0.39, 0.29) is 29.3 Å². The predicted octanol–water partition coefficient (Wildman–Crippen LogP) is 7.15. The average Bonchev–Trinajstić information content (AvgIpc) is 2.81. The molecule has 3 aromatic rings. The Labute approximate surface area is 224 Å². The Morgan fingerprint density at radius 3 is 2.24 bits per heavy atom. The first-order valence-corrected chi connectivity index (χ1v) is 13.6. The van der Waals surface area contributed by atoms with E-state index in [1.165, 1.54) is 23.9 Å². The summed E-state index contributed by atoms with van der Waals surface area (Å²) in [6.45, 7) is 0. The number of aliphatic carboxylic acids is 1. The van der Waals surface area contributed by atoms with E-state index in [1.54, 1.807) is 30.3 Å². The highest BCUT2D eigenvalue weighted by molar-refractivity contribution is 7.98. The van der Waals surface area contributed by atoms with Crippen molar-refractivity contribution in [2.45, 2.75) is 34.6 Å². The lowest BCUT2D eigenvalue weighted by atomic mass is 10.1. The number of rotatable bonds is 10. The zero-order chi connectivity index (χ0) is 27.4. The van der Waals surface area contributed by atoms with E-state index < -0.39 is 37.7 Å². The summed E-state index contributed by atoms with van der Waals surface area (Å²) in [4.78, 5) is 22.5.